The van der Waals surface area contributed by atoms with E-state index in [2.05, 4.69) is 104 Å². The Bertz CT molecular complexity index is 1950. The average Bonchev–Trinajstić information content (AvgIpc) is 3.47. The zero-order chi connectivity index (χ0) is 24.7. The molecule has 0 aliphatic heterocycles. The molecule has 2 aliphatic carbocycles. The van der Waals surface area contributed by atoms with Crippen LogP contribution in [0.4, 0.5) is 0 Å². The van der Waals surface area contributed by atoms with E-state index in [-0.39, 0.29) is 5.41 Å². The van der Waals surface area contributed by atoms with Crippen LogP contribution in [0.1, 0.15) is 34.1 Å². The second kappa shape index (κ2) is 7.67. The number of methoxy groups -OCH3 is 1. The van der Waals surface area contributed by atoms with Crippen LogP contribution in [-0.2, 0) is 6.42 Å². The van der Waals surface area contributed by atoms with Crippen LogP contribution in [0.5, 0.6) is 5.75 Å². The fourth-order valence-electron chi connectivity index (χ4n) is 6.28. The molecule has 2 aliphatic rings. The SMILES string of the molecule is COc1ccc(C2=CC3(C)Cc4sc5ccccc5c4C=C3c3cc4sc5ccccc5c4cc32)cc1. The largest absolute Gasteiger partial charge is 0.497 e. The van der Waals surface area contributed by atoms with Crippen LogP contribution in [-0.4, -0.2) is 7.11 Å². The lowest BCUT2D eigenvalue weighted by atomic mass is 9.65. The Labute approximate surface area is 224 Å². The number of thiophene rings is 2. The first-order valence-electron chi connectivity index (χ1n) is 12.7. The number of ether oxygens (including phenoxy) is 1. The van der Waals surface area contributed by atoms with Gasteiger partial charge in [-0.05, 0) is 87.7 Å². The van der Waals surface area contributed by atoms with Crippen LogP contribution < -0.4 is 4.74 Å². The summed E-state index contributed by atoms with van der Waals surface area (Å²) in [6.07, 6.45) is 6.06. The molecule has 0 saturated heterocycles. The van der Waals surface area contributed by atoms with Gasteiger partial charge < -0.3 is 4.74 Å². The van der Waals surface area contributed by atoms with Crippen molar-refractivity contribution in [2.75, 3.05) is 7.11 Å². The minimum Gasteiger partial charge on any atom is -0.497 e. The van der Waals surface area contributed by atoms with E-state index in [9.17, 15) is 0 Å². The predicted octanol–water partition coefficient (Wildman–Crippen LogP) is 9.83. The highest BCUT2D eigenvalue weighted by molar-refractivity contribution is 7.25. The summed E-state index contributed by atoms with van der Waals surface area (Å²) in [5.74, 6) is 0.888. The van der Waals surface area contributed by atoms with Crippen LogP contribution in [0.15, 0.2) is 91.0 Å². The van der Waals surface area contributed by atoms with Gasteiger partial charge in [-0.25, -0.2) is 0 Å². The molecule has 1 unspecified atom stereocenters. The summed E-state index contributed by atoms with van der Waals surface area (Å²) < 4.78 is 9.56. The molecule has 37 heavy (non-hydrogen) atoms. The third-order valence-electron chi connectivity index (χ3n) is 8.10. The third kappa shape index (κ3) is 3.08. The van der Waals surface area contributed by atoms with E-state index in [0.717, 1.165) is 12.2 Å². The van der Waals surface area contributed by atoms with Gasteiger partial charge in [-0.3, -0.25) is 0 Å². The molecule has 2 aromatic heterocycles. The van der Waals surface area contributed by atoms with Crippen LogP contribution in [0.2, 0.25) is 0 Å². The molecule has 0 saturated carbocycles. The van der Waals surface area contributed by atoms with Gasteiger partial charge in [-0.2, -0.15) is 0 Å². The number of fused-ring (bicyclic) bond motifs is 9. The van der Waals surface area contributed by atoms with Crippen LogP contribution in [0.3, 0.4) is 0 Å². The topological polar surface area (TPSA) is 9.23 Å². The Balaban J connectivity index is 1.44. The van der Waals surface area contributed by atoms with Gasteiger partial charge in [0.05, 0.1) is 7.11 Å². The monoisotopic (exact) mass is 512 g/mol. The fourth-order valence-corrected chi connectivity index (χ4v) is 8.76. The van der Waals surface area contributed by atoms with Crippen molar-refractivity contribution in [2.45, 2.75) is 13.3 Å². The third-order valence-corrected chi connectivity index (χ3v) is 10.4. The smallest absolute Gasteiger partial charge is 0.118 e. The number of allylic oxidation sites excluding steroid dienone is 2. The van der Waals surface area contributed by atoms with Crippen molar-refractivity contribution in [1.29, 1.82) is 0 Å². The van der Waals surface area contributed by atoms with E-state index < -0.39 is 0 Å². The number of hydrogen-bond acceptors (Lipinski definition) is 3. The van der Waals surface area contributed by atoms with E-state index in [1.54, 1.807) is 7.11 Å². The minimum absolute atomic E-state index is 0.0690. The van der Waals surface area contributed by atoms with E-state index in [1.807, 2.05) is 22.7 Å². The highest BCUT2D eigenvalue weighted by atomic mass is 32.1. The van der Waals surface area contributed by atoms with Gasteiger partial charge in [0.15, 0.2) is 0 Å². The summed E-state index contributed by atoms with van der Waals surface area (Å²) in [7, 11) is 1.73. The predicted molar refractivity (Wildman–Crippen MR) is 161 cm³/mol. The van der Waals surface area contributed by atoms with Gasteiger partial charge in [0.2, 0.25) is 0 Å². The number of benzene rings is 4. The number of hydrogen-bond donors (Lipinski definition) is 0. The maximum Gasteiger partial charge on any atom is 0.118 e. The van der Waals surface area contributed by atoms with Crippen molar-refractivity contribution in [3.05, 3.63) is 118 Å². The van der Waals surface area contributed by atoms with E-state index in [1.165, 1.54) is 68.5 Å². The molecule has 1 atom stereocenters. The van der Waals surface area contributed by atoms with Crippen molar-refractivity contribution >= 4 is 70.2 Å². The first-order chi connectivity index (χ1) is 18.1. The van der Waals surface area contributed by atoms with Crippen molar-refractivity contribution in [3.8, 4) is 5.75 Å². The molecule has 1 nitrogen and oxygen atoms in total. The molecular weight excluding hydrogens is 489 g/mol. The minimum atomic E-state index is -0.0690. The summed E-state index contributed by atoms with van der Waals surface area (Å²) in [6, 6.07) is 31.1. The second-order valence-corrected chi connectivity index (χ2v) is 12.6. The van der Waals surface area contributed by atoms with Crippen LogP contribution in [0, 0.1) is 5.41 Å². The summed E-state index contributed by atoms with van der Waals surface area (Å²) in [4.78, 5) is 1.49. The van der Waals surface area contributed by atoms with Gasteiger partial charge in [0.1, 0.15) is 5.75 Å². The van der Waals surface area contributed by atoms with Gasteiger partial charge in [0, 0.05) is 35.2 Å². The molecule has 0 fully saturated rings. The molecule has 2 heterocycles. The van der Waals surface area contributed by atoms with Crippen molar-refractivity contribution in [2.24, 2.45) is 5.41 Å². The van der Waals surface area contributed by atoms with Crippen molar-refractivity contribution < 1.29 is 4.74 Å². The molecule has 0 N–H and O–H groups in total. The quantitative estimate of drug-likeness (QED) is 0.224. The van der Waals surface area contributed by atoms with Gasteiger partial charge >= 0.3 is 0 Å². The Morgan fingerprint density at radius 3 is 2.24 bits per heavy atom. The molecule has 0 radical (unpaired) electrons. The molecule has 6 aromatic rings. The fraction of sp³-hybridized carbons (Fsp3) is 0.118. The number of rotatable bonds is 2. The Morgan fingerprint density at radius 1 is 0.730 bits per heavy atom. The molecule has 0 spiro atoms. The highest BCUT2D eigenvalue weighted by Crippen LogP contribution is 2.55. The second-order valence-electron chi connectivity index (χ2n) is 10.4. The Morgan fingerprint density at radius 2 is 1.46 bits per heavy atom. The van der Waals surface area contributed by atoms with Crippen molar-refractivity contribution in [1.82, 2.24) is 0 Å². The molecule has 3 heteroatoms. The zero-order valence-corrected chi connectivity index (χ0v) is 22.3. The van der Waals surface area contributed by atoms with E-state index >= 15 is 0 Å². The van der Waals surface area contributed by atoms with Crippen LogP contribution >= 0.6 is 22.7 Å². The lowest BCUT2D eigenvalue weighted by Gasteiger charge is -2.39. The normalized spacial score (nSPS) is 18.3. The zero-order valence-electron chi connectivity index (χ0n) is 20.7. The molecular formula is C34H24OS2. The molecule has 4 aromatic carbocycles. The average molecular weight is 513 g/mol. The lowest BCUT2D eigenvalue weighted by Crippen LogP contribution is -2.26. The Kier molecular flexibility index (Phi) is 4.44. The maximum absolute atomic E-state index is 5.47. The molecule has 0 bridgehead atoms. The first kappa shape index (κ1) is 21.4. The highest BCUT2D eigenvalue weighted by Gasteiger charge is 2.39. The van der Waals surface area contributed by atoms with Gasteiger partial charge in [0.25, 0.3) is 0 Å². The summed E-state index contributed by atoms with van der Waals surface area (Å²) in [5.41, 5.74) is 8.04. The van der Waals surface area contributed by atoms with Crippen molar-refractivity contribution in [3.63, 3.8) is 0 Å². The lowest BCUT2D eigenvalue weighted by molar-refractivity contribution is 0.415. The van der Waals surface area contributed by atoms with Crippen LogP contribution in [0.25, 0.3) is 47.5 Å². The van der Waals surface area contributed by atoms with Gasteiger partial charge in [-0.1, -0.05) is 61.5 Å². The van der Waals surface area contributed by atoms with E-state index in [4.69, 9.17) is 4.74 Å². The molecule has 8 rings (SSSR count). The summed E-state index contributed by atoms with van der Waals surface area (Å²) in [6.45, 7) is 2.42. The first-order valence-corrected chi connectivity index (χ1v) is 14.3. The standard InChI is InChI=1S/C34H24OS2/c1-34-18-28(20-11-13-21(35-2)14-12-20)24-15-26-22-7-3-5-9-30(22)36-32(26)17-25(24)29(34)16-27-23-8-4-6-10-31(23)37-33(27)19-34/h3-18H,19H2,1-2H3. The maximum atomic E-state index is 5.47. The molecule has 0 amide bonds. The summed E-state index contributed by atoms with van der Waals surface area (Å²) >= 11 is 3.86. The molecule has 178 valence electrons. The Hall–Kier alpha value is -3.66. The van der Waals surface area contributed by atoms with E-state index in [0.29, 0.717) is 0 Å². The van der Waals surface area contributed by atoms with Gasteiger partial charge in [-0.15, -0.1) is 22.7 Å². The summed E-state index contributed by atoms with van der Waals surface area (Å²) in [5, 5.41) is 4.07.